The topological polar surface area (TPSA) is 68.8 Å². The maximum absolute atomic E-state index is 12.0. The molecule has 0 saturated carbocycles. The first-order chi connectivity index (χ1) is 10.2. The van der Waals surface area contributed by atoms with Gasteiger partial charge in [0, 0.05) is 6.54 Å². The van der Waals surface area contributed by atoms with E-state index in [0.29, 0.717) is 23.8 Å². The molecule has 1 aliphatic rings. The fourth-order valence-corrected chi connectivity index (χ4v) is 2.46. The van der Waals surface area contributed by atoms with Crippen LogP contribution < -0.4 is 24.8 Å². The molecule has 1 fully saturated rings. The second-order valence-electron chi connectivity index (χ2n) is 4.90. The van der Waals surface area contributed by atoms with Crippen molar-refractivity contribution in [2.45, 2.75) is 25.4 Å². The van der Waals surface area contributed by atoms with Gasteiger partial charge in [0.2, 0.25) is 11.7 Å². The smallest absolute Gasteiger partial charge is 0.237 e. The molecule has 116 valence electrons. The van der Waals surface area contributed by atoms with Crippen LogP contribution in [-0.2, 0) is 11.3 Å². The highest BCUT2D eigenvalue weighted by molar-refractivity contribution is 5.82. The third-order valence-corrected chi connectivity index (χ3v) is 3.57. The van der Waals surface area contributed by atoms with Gasteiger partial charge >= 0.3 is 0 Å². The van der Waals surface area contributed by atoms with Gasteiger partial charge in [-0.3, -0.25) is 4.79 Å². The summed E-state index contributed by atoms with van der Waals surface area (Å²) in [4.78, 5) is 12.0. The average Bonchev–Trinajstić information content (AvgIpc) is 3.05. The van der Waals surface area contributed by atoms with E-state index in [1.54, 1.807) is 21.3 Å². The van der Waals surface area contributed by atoms with Crippen molar-refractivity contribution in [2.75, 3.05) is 27.9 Å². The van der Waals surface area contributed by atoms with Gasteiger partial charge in [0.05, 0.1) is 27.4 Å². The first-order valence-corrected chi connectivity index (χ1v) is 6.99. The summed E-state index contributed by atoms with van der Waals surface area (Å²) < 4.78 is 15.9. The van der Waals surface area contributed by atoms with Gasteiger partial charge in [0.1, 0.15) is 0 Å². The van der Waals surface area contributed by atoms with Crippen molar-refractivity contribution in [3.63, 3.8) is 0 Å². The molecule has 0 aliphatic carbocycles. The van der Waals surface area contributed by atoms with Gasteiger partial charge in [-0.1, -0.05) is 0 Å². The average molecular weight is 294 g/mol. The molecule has 1 amide bonds. The fraction of sp³-hybridized carbons (Fsp3) is 0.533. The Kier molecular flexibility index (Phi) is 5.27. The lowest BCUT2D eigenvalue weighted by Crippen LogP contribution is -2.40. The Morgan fingerprint density at radius 1 is 1.24 bits per heavy atom. The third kappa shape index (κ3) is 3.58. The van der Waals surface area contributed by atoms with Crippen molar-refractivity contribution in [3.8, 4) is 17.2 Å². The zero-order chi connectivity index (χ0) is 15.2. The van der Waals surface area contributed by atoms with Gasteiger partial charge in [0.25, 0.3) is 0 Å². The van der Waals surface area contributed by atoms with E-state index in [1.807, 2.05) is 12.1 Å². The molecule has 0 aromatic heterocycles. The van der Waals surface area contributed by atoms with Gasteiger partial charge in [-0.2, -0.15) is 0 Å². The molecule has 1 heterocycles. The molecule has 2 N–H and O–H groups in total. The molecule has 0 bridgehead atoms. The molecular formula is C15H22N2O4. The molecule has 1 saturated heterocycles. The zero-order valence-corrected chi connectivity index (χ0v) is 12.7. The molecule has 1 atom stereocenters. The van der Waals surface area contributed by atoms with Gasteiger partial charge < -0.3 is 24.8 Å². The van der Waals surface area contributed by atoms with Crippen molar-refractivity contribution < 1.29 is 19.0 Å². The first kappa shape index (κ1) is 15.4. The lowest BCUT2D eigenvalue weighted by molar-refractivity contribution is -0.122. The van der Waals surface area contributed by atoms with Crippen LogP contribution in [0.4, 0.5) is 0 Å². The Morgan fingerprint density at radius 2 is 1.90 bits per heavy atom. The Hall–Kier alpha value is -1.95. The summed E-state index contributed by atoms with van der Waals surface area (Å²) in [5.41, 5.74) is 0.899. The number of hydrogen-bond acceptors (Lipinski definition) is 5. The first-order valence-electron chi connectivity index (χ1n) is 6.99. The Bertz CT molecular complexity index is 473. The van der Waals surface area contributed by atoms with Crippen LogP contribution in [0, 0.1) is 0 Å². The number of nitrogens with one attached hydrogen (secondary N) is 2. The molecule has 2 rings (SSSR count). The minimum Gasteiger partial charge on any atom is -0.493 e. The lowest BCUT2D eigenvalue weighted by Gasteiger charge is -2.15. The highest BCUT2D eigenvalue weighted by Gasteiger charge is 2.21. The van der Waals surface area contributed by atoms with Crippen LogP contribution >= 0.6 is 0 Å². The lowest BCUT2D eigenvalue weighted by atomic mass is 10.1. The summed E-state index contributed by atoms with van der Waals surface area (Å²) in [6.07, 6.45) is 1.93. The van der Waals surface area contributed by atoms with E-state index in [2.05, 4.69) is 10.6 Å². The van der Waals surface area contributed by atoms with E-state index >= 15 is 0 Å². The highest BCUT2D eigenvalue weighted by Crippen LogP contribution is 2.38. The molecule has 6 heteroatoms. The normalized spacial score (nSPS) is 17.4. The molecule has 1 aliphatic heterocycles. The van der Waals surface area contributed by atoms with Crippen molar-refractivity contribution in [2.24, 2.45) is 0 Å². The number of ether oxygens (including phenoxy) is 3. The Balaban J connectivity index is 2.07. The maximum Gasteiger partial charge on any atom is 0.237 e. The van der Waals surface area contributed by atoms with Crippen molar-refractivity contribution in [1.82, 2.24) is 10.6 Å². The van der Waals surface area contributed by atoms with Crippen molar-refractivity contribution >= 4 is 5.91 Å². The Labute approximate surface area is 124 Å². The fourth-order valence-electron chi connectivity index (χ4n) is 2.46. The van der Waals surface area contributed by atoms with E-state index < -0.39 is 0 Å². The van der Waals surface area contributed by atoms with E-state index in [9.17, 15) is 4.79 Å². The standard InChI is InChI=1S/C15H22N2O4/c1-19-12-7-10(8-13(20-2)14(12)21-3)9-17-15(18)11-5-4-6-16-11/h7-8,11,16H,4-6,9H2,1-3H3,(H,17,18)/t11-/m1/s1. The summed E-state index contributed by atoms with van der Waals surface area (Å²) in [6.45, 7) is 1.33. The van der Waals surface area contributed by atoms with E-state index in [0.717, 1.165) is 24.9 Å². The van der Waals surface area contributed by atoms with E-state index in [4.69, 9.17) is 14.2 Å². The van der Waals surface area contributed by atoms with E-state index in [1.165, 1.54) is 0 Å². The van der Waals surface area contributed by atoms with Crippen molar-refractivity contribution in [1.29, 1.82) is 0 Å². The quantitative estimate of drug-likeness (QED) is 0.822. The molecule has 6 nitrogen and oxygen atoms in total. The monoisotopic (exact) mass is 294 g/mol. The number of methoxy groups -OCH3 is 3. The largest absolute Gasteiger partial charge is 0.493 e. The summed E-state index contributed by atoms with van der Waals surface area (Å²) in [7, 11) is 4.71. The highest BCUT2D eigenvalue weighted by atomic mass is 16.5. The van der Waals surface area contributed by atoms with Gasteiger partial charge in [-0.05, 0) is 37.1 Å². The second kappa shape index (κ2) is 7.17. The number of amides is 1. The van der Waals surface area contributed by atoms with Crippen LogP contribution in [0.5, 0.6) is 17.2 Å². The van der Waals surface area contributed by atoms with Gasteiger partial charge in [0.15, 0.2) is 11.5 Å². The number of carbonyl (C=O) groups is 1. The summed E-state index contributed by atoms with van der Waals surface area (Å²) in [5, 5.41) is 6.10. The van der Waals surface area contributed by atoms with Crippen LogP contribution in [0.2, 0.25) is 0 Å². The molecule has 1 aromatic carbocycles. The minimum atomic E-state index is -0.0768. The Morgan fingerprint density at radius 3 is 2.38 bits per heavy atom. The third-order valence-electron chi connectivity index (χ3n) is 3.57. The van der Waals surface area contributed by atoms with Gasteiger partial charge in [-0.25, -0.2) is 0 Å². The van der Waals surface area contributed by atoms with Crippen LogP contribution in [0.3, 0.4) is 0 Å². The summed E-state index contributed by atoms with van der Waals surface area (Å²) in [6, 6.07) is 3.60. The predicted octanol–water partition coefficient (Wildman–Crippen LogP) is 1.08. The SMILES string of the molecule is COc1cc(CNC(=O)[C@H]2CCCN2)cc(OC)c1OC. The maximum atomic E-state index is 12.0. The molecule has 1 aromatic rings. The molecule has 0 radical (unpaired) electrons. The molecular weight excluding hydrogens is 272 g/mol. The molecule has 0 spiro atoms. The van der Waals surface area contributed by atoms with E-state index in [-0.39, 0.29) is 11.9 Å². The van der Waals surface area contributed by atoms with Crippen LogP contribution in [0.25, 0.3) is 0 Å². The number of rotatable bonds is 6. The minimum absolute atomic E-state index is 0.0289. The van der Waals surface area contributed by atoms with Crippen LogP contribution in [0.1, 0.15) is 18.4 Å². The second-order valence-corrected chi connectivity index (χ2v) is 4.90. The predicted molar refractivity (Wildman–Crippen MR) is 79.0 cm³/mol. The van der Waals surface area contributed by atoms with Crippen LogP contribution in [-0.4, -0.2) is 39.8 Å². The van der Waals surface area contributed by atoms with Crippen molar-refractivity contribution in [3.05, 3.63) is 17.7 Å². The number of hydrogen-bond donors (Lipinski definition) is 2. The summed E-state index contributed by atoms with van der Waals surface area (Å²) >= 11 is 0. The molecule has 0 unspecified atom stereocenters. The van der Waals surface area contributed by atoms with Crippen LogP contribution in [0.15, 0.2) is 12.1 Å². The molecule has 21 heavy (non-hydrogen) atoms. The summed E-state index contributed by atoms with van der Waals surface area (Å²) in [5.74, 6) is 1.74. The number of carbonyl (C=O) groups excluding carboxylic acids is 1. The number of benzene rings is 1. The van der Waals surface area contributed by atoms with Gasteiger partial charge in [-0.15, -0.1) is 0 Å². The zero-order valence-electron chi connectivity index (χ0n) is 12.7.